The van der Waals surface area contributed by atoms with Crippen molar-refractivity contribution in [2.45, 2.75) is 51.5 Å². The summed E-state index contributed by atoms with van der Waals surface area (Å²) in [6.45, 7) is 5.79. The minimum atomic E-state index is -0.517. The van der Waals surface area contributed by atoms with Crippen molar-refractivity contribution >= 4 is 11.8 Å². The summed E-state index contributed by atoms with van der Waals surface area (Å²) in [5.74, 6) is 0.267. The van der Waals surface area contributed by atoms with Crippen LogP contribution in [0.1, 0.15) is 55.2 Å². The normalized spacial score (nSPS) is 21.3. The minimum absolute atomic E-state index is 0.141. The third kappa shape index (κ3) is 5.01. The zero-order chi connectivity index (χ0) is 22.6. The fourth-order valence-corrected chi connectivity index (χ4v) is 5.37. The van der Waals surface area contributed by atoms with Crippen LogP contribution in [0.2, 0.25) is 0 Å². The number of aromatic nitrogens is 1. The standard InChI is InChI=1S/C26H34N4O2/c1-20(31)30-13-5-8-23(19-30)24-9-3-2-7-22(24)16-26(25(27)32)10-14-29(15-11-26)18-21-6-4-12-28-17-21/h2-4,6-7,9,12,17,23H,5,8,10-11,13-16,18-19H2,1H3,(H2,27,32). The molecule has 0 saturated carbocycles. The number of nitrogens with two attached hydrogens (primary N) is 1. The van der Waals surface area contributed by atoms with Gasteiger partial charge in [-0.1, -0.05) is 30.3 Å². The smallest absolute Gasteiger partial charge is 0.224 e. The second-order valence-electron chi connectivity index (χ2n) is 9.46. The molecule has 2 fully saturated rings. The average molecular weight is 435 g/mol. The molecule has 170 valence electrons. The van der Waals surface area contributed by atoms with E-state index < -0.39 is 5.41 Å². The quantitative estimate of drug-likeness (QED) is 0.758. The first-order valence-electron chi connectivity index (χ1n) is 11.7. The van der Waals surface area contributed by atoms with Gasteiger partial charge in [0.25, 0.3) is 0 Å². The van der Waals surface area contributed by atoms with Gasteiger partial charge in [0.2, 0.25) is 11.8 Å². The molecule has 0 spiro atoms. The van der Waals surface area contributed by atoms with Gasteiger partial charge in [-0.2, -0.15) is 0 Å². The summed E-state index contributed by atoms with van der Waals surface area (Å²) in [5.41, 5.74) is 9.18. The van der Waals surface area contributed by atoms with Crippen LogP contribution in [0.3, 0.4) is 0 Å². The molecule has 32 heavy (non-hydrogen) atoms. The number of piperidine rings is 2. The second kappa shape index (κ2) is 9.82. The van der Waals surface area contributed by atoms with Crippen LogP contribution in [0.25, 0.3) is 0 Å². The molecule has 2 aromatic rings. The molecule has 3 heterocycles. The summed E-state index contributed by atoms with van der Waals surface area (Å²) in [6.07, 6.45) is 7.99. The van der Waals surface area contributed by atoms with E-state index in [4.69, 9.17) is 5.73 Å². The minimum Gasteiger partial charge on any atom is -0.369 e. The topological polar surface area (TPSA) is 79.5 Å². The summed E-state index contributed by atoms with van der Waals surface area (Å²) in [6, 6.07) is 12.5. The number of hydrogen-bond acceptors (Lipinski definition) is 4. The largest absolute Gasteiger partial charge is 0.369 e. The molecule has 2 aliphatic heterocycles. The summed E-state index contributed by atoms with van der Waals surface area (Å²) in [4.78, 5) is 33.2. The van der Waals surface area contributed by atoms with Crippen molar-refractivity contribution in [1.29, 1.82) is 0 Å². The van der Waals surface area contributed by atoms with E-state index >= 15 is 0 Å². The third-order valence-corrected chi connectivity index (χ3v) is 7.36. The van der Waals surface area contributed by atoms with E-state index in [-0.39, 0.29) is 11.8 Å². The first-order chi connectivity index (χ1) is 15.5. The van der Waals surface area contributed by atoms with Crippen LogP contribution in [0.15, 0.2) is 48.8 Å². The lowest BCUT2D eigenvalue weighted by Crippen LogP contribution is -2.48. The van der Waals surface area contributed by atoms with Crippen molar-refractivity contribution in [1.82, 2.24) is 14.8 Å². The number of carbonyl (C=O) groups is 2. The molecule has 1 aromatic carbocycles. The SMILES string of the molecule is CC(=O)N1CCCC(c2ccccc2CC2(C(N)=O)CCN(Cc3cccnc3)CC2)C1. The Morgan fingerprint density at radius 1 is 1.12 bits per heavy atom. The summed E-state index contributed by atoms with van der Waals surface area (Å²) >= 11 is 0. The number of pyridine rings is 1. The summed E-state index contributed by atoms with van der Waals surface area (Å²) in [5, 5.41) is 0. The van der Waals surface area contributed by atoms with Gasteiger partial charge in [-0.3, -0.25) is 19.5 Å². The van der Waals surface area contributed by atoms with Crippen LogP contribution in [0, 0.1) is 5.41 Å². The van der Waals surface area contributed by atoms with Crippen LogP contribution >= 0.6 is 0 Å². The molecule has 1 atom stereocenters. The molecule has 2 saturated heterocycles. The Morgan fingerprint density at radius 2 is 1.91 bits per heavy atom. The summed E-state index contributed by atoms with van der Waals surface area (Å²) in [7, 11) is 0. The van der Waals surface area contributed by atoms with E-state index in [1.165, 1.54) is 16.7 Å². The molecule has 4 rings (SSSR count). The molecule has 2 N–H and O–H groups in total. The molecule has 6 nitrogen and oxygen atoms in total. The van der Waals surface area contributed by atoms with Crippen molar-refractivity contribution in [3.8, 4) is 0 Å². The van der Waals surface area contributed by atoms with Crippen molar-refractivity contribution in [3.63, 3.8) is 0 Å². The number of benzene rings is 1. The van der Waals surface area contributed by atoms with E-state index in [0.29, 0.717) is 12.3 Å². The van der Waals surface area contributed by atoms with E-state index in [9.17, 15) is 9.59 Å². The highest BCUT2D eigenvalue weighted by molar-refractivity contribution is 5.81. The fourth-order valence-electron chi connectivity index (χ4n) is 5.37. The van der Waals surface area contributed by atoms with E-state index in [0.717, 1.165) is 58.4 Å². The Labute approximate surface area is 190 Å². The molecule has 1 unspecified atom stereocenters. The first kappa shape index (κ1) is 22.5. The van der Waals surface area contributed by atoms with Crippen LogP contribution < -0.4 is 5.73 Å². The molecule has 0 radical (unpaired) electrons. The maximum absolute atomic E-state index is 12.7. The molecular weight excluding hydrogens is 400 g/mol. The Hall–Kier alpha value is -2.73. The van der Waals surface area contributed by atoms with Crippen LogP contribution in [0.4, 0.5) is 0 Å². The van der Waals surface area contributed by atoms with Gasteiger partial charge in [-0.15, -0.1) is 0 Å². The molecule has 6 heteroatoms. The molecule has 2 amide bonds. The molecular formula is C26H34N4O2. The van der Waals surface area contributed by atoms with Gasteiger partial charge >= 0.3 is 0 Å². The zero-order valence-corrected chi connectivity index (χ0v) is 19.0. The number of carbonyl (C=O) groups excluding carboxylic acids is 2. The Bertz CT molecular complexity index is 938. The number of amides is 2. The maximum atomic E-state index is 12.7. The number of hydrogen-bond donors (Lipinski definition) is 1. The van der Waals surface area contributed by atoms with Crippen LogP contribution in [0.5, 0.6) is 0 Å². The van der Waals surface area contributed by atoms with Crippen LogP contribution in [-0.2, 0) is 22.6 Å². The van der Waals surface area contributed by atoms with Crippen molar-refractivity contribution in [3.05, 3.63) is 65.5 Å². The highest BCUT2D eigenvalue weighted by Crippen LogP contribution is 2.38. The van der Waals surface area contributed by atoms with E-state index in [1.807, 2.05) is 17.2 Å². The predicted octanol–water partition coefficient (Wildman–Crippen LogP) is 3.12. The van der Waals surface area contributed by atoms with Gasteiger partial charge < -0.3 is 10.6 Å². The molecule has 0 aliphatic carbocycles. The van der Waals surface area contributed by atoms with Gasteiger partial charge in [0, 0.05) is 44.9 Å². The van der Waals surface area contributed by atoms with E-state index in [2.05, 4.69) is 40.2 Å². The Balaban J connectivity index is 1.48. The first-order valence-corrected chi connectivity index (χ1v) is 11.7. The highest BCUT2D eigenvalue weighted by Gasteiger charge is 2.40. The monoisotopic (exact) mass is 434 g/mol. The van der Waals surface area contributed by atoms with Crippen molar-refractivity contribution in [2.24, 2.45) is 11.1 Å². The lowest BCUT2D eigenvalue weighted by atomic mass is 9.71. The fraction of sp³-hybridized carbons (Fsp3) is 0.500. The highest BCUT2D eigenvalue weighted by atomic mass is 16.2. The van der Waals surface area contributed by atoms with E-state index in [1.54, 1.807) is 13.1 Å². The number of rotatable bonds is 6. The number of likely N-dealkylation sites (tertiary alicyclic amines) is 2. The van der Waals surface area contributed by atoms with Gasteiger partial charge in [0.05, 0.1) is 5.41 Å². The number of primary amides is 1. The second-order valence-corrected chi connectivity index (χ2v) is 9.46. The molecule has 2 aliphatic rings. The Morgan fingerprint density at radius 3 is 2.59 bits per heavy atom. The lowest BCUT2D eigenvalue weighted by molar-refractivity contribution is -0.130. The average Bonchev–Trinajstić information content (AvgIpc) is 2.81. The summed E-state index contributed by atoms with van der Waals surface area (Å²) < 4.78 is 0. The van der Waals surface area contributed by atoms with Crippen molar-refractivity contribution in [2.75, 3.05) is 26.2 Å². The zero-order valence-electron chi connectivity index (χ0n) is 19.0. The lowest BCUT2D eigenvalue weighted by Gasteiger charge is -2.41. The third-order valence-electron chi connectivity index (χ3n) is 7.36. The van der Waals surface area contributed by atoms with Gasteiger partial charge in [0.15, 0.2) is 0 Å². The van der Waals surface area contributed by atoms with Gasteiger partial charge in [-0.25, -0.2) is 0 Å². The number of nitrogens with zero attached hydrogens (tertiary/aromatic N) is 3. The Kier molecular flexibility index (Phi) is 6.89. The molecule has 0 bridgehead atoms. The van der Waals surface area contributed by atoms with Crippen molar-refractivity contribution < 1.29 is 9.59 Å². The maximum Gasteiger partial charge on any atom is 0.224 e. The predicted molar refractivity (Wildman–Crippen MR) is 125 cm³/mol. The molecule has 1 aromatic heterocycles. The van der Waals surface area contributed by atoms with Gasteiger partial charge in [-0.05, 0) is 68.0 Å². The van der Waals surface area contributed by atoms with Gasteiger partial charge in [0.1, 0.15) is 0 Å². The van der Waals surface area contributed by atoms with Crippen LogP contribution in [-0.4, -0.2) is 52.8 Å².